The molecular weight excluding hydrogens is 933 g/mol. The maximum Gasteiger partial charge on any atom is 0.397 e. The van der Waals surface area contributed by atoms with Crippen molar-refractivity contribution in [2.45, 2.75) is 218 Å². The van der Waals surface area contributed by atoms with Gasteiger partial charge in [0.25, 0.3) is 0 Å². The Labute approximate surface area is 436 Å². The Morgan fingerprint density at radius 1 is 0.528 bits per heavy atom. The van der Waals surface area contributed by atoms with Crippen LogP contribution in [0.4, 0.5) is 0 Å². The van der Waals surface area contributed by atoms with E-state index in [2.05, 4.69) is 140 Å². The van der Waals surface area contributed by atoms with E-state index in [9.17, 15) is 33.1 Å². The van der Waals surface area contributed by atoms with E-state index in [1.54, 1.807) is 0 Å². The lowest BCUT2D eigenvalue weighted by atomic mass is 9.99. The Morgan fingerprint density at radius 3 is 1.33 bits per heavy atom. The zero-order chi connectivity index (χ0) is 52.4. The lowest BCUT2D eigenvalue weighted by Gasteiger charge is -2.41. The van der Waals surface area contributed by atoms with Gasteiger partial charge in [-0.1, -0.05) is 193 Å². The van der Waals surface area contributed by atoms with Gasteiger partial charge in [0.15, 0.2) is 6.29 Å². The summed E-state index contributed by atoms with van der Waals surface area (Å²) in [5.74, 6) is -0.420. The predicted molar refractivity (Wildman–Crippen MR) is 294 cm³/mol. The number of aliphatic hydroxyl groups excluding tert-OH is 3. The lowest BCUT2D eigenvalue weighted by molar-refractivity contribution is -0.301. The largest absolute Gasteiger partial charge is 0.457 e. The number of esters is 1. The summed E-state index contributed by atoms with van der Waals surface area (Å²) in [6.07, 6.45) is 60.8. The summed E-state index contributed by atoms with van der Waals surface area (Å²) in [5.41, 5.74) is 0. The first-order valence-electron chi connectivity index (χ1n) is 27.3. The predicted octanol–water partition coefficient (Wildman–Crippen LogP) is 13.3. The number of aliphatic hydroxyl groups is 3. The van der Waals surface area contributed by atoms with Gasteiger partial charge in [-0.25, -0.2) is 4.18 Å². The molecule has 410 valence electrons. The fourth-order valence-corrected chi connectivity index (χ4v) is 8.06. The summed E-state index contributed by atoms with van der Waals surface area (Å²) in [7, 11) is -5.08. The van der Waals surface area contributed by atoms with Crippen LogP contribution in [0, 0.1) is 0 Å². The van der Waals surface area contributed by atoms with Gasteiger partial charge in [-0.3, -0.25) is 9.35 Å². The van der Waals surface area contributed by atoms with E-state index >= 15 is 0 Å². The van der Waals surface area contributed by atoms with Crippen LogP contribution in [-0.2, 0) is 38.3 Å². The number of unbranched alkanes of at least 4 members (excludes halogenated alkanes) is 13. The van der Waals surface area contributed by atoms with Crippen LogP contribution in [0.15, 0.2) is 122 Å². The molecule has 6 atom stereocenters. The molecule has 1 aliphatic rings. The van der Waals surface area contributed by atoms with E-state index in [1.165, 1.54) is 32.1 Å². The van der Waals surface area contributed by atoms with Crippen molar-refractivity contribution in [1.82, 2.24) is 0 Å². The quantitative estimate of drug-likeness (QED) is 0.0197. The van der Waals surface area contributed by atoms with Crippen LogP contribution >= 0.6 is 0 Å². The van der Waals surface area contributed by atoms with E-state index in [-0.39, 0.29) is 19.6 Å². The van der Waals surface area contributed by atoms with Crippen molar-refractivity contribution < 1.29 is 56.2 Å². The fourth-order valence-electron chi connectivity index (χ4n) is 7.55. The van der Waals surface area contributed by atoms with E-state index in [4.69, 9.17) is 18.9 Å². The number of carbonyl (C=O) groups is 1. The number of rotatable bonds is 46. The first kappa shape index (κ1) is 66.5. The number of hydrogen-bond acceptors (Lipinski definition) is 11. The number of carbonyl (C=O) groups excluding carboxylic acids is 1. The molecule has 0 amide bonds. The zero-order valence-electron chi connectivity index (χ0n) is 44.2. The van der Waals surface area contributed by atoms with Crippen molar-refractivity contribution in [2.75, 3.05) is 26.4 Å². The minimum atomic E-state index is -5.08. The Kier molecular flexibility index (Phi) is 44.7. The summed E-state index contributed by atoms with van der Waals surface area (Å²) < 4.78 is 59.3. The summed E-state index contributed by atoms with van der Waals surface area (Å²) in [5, 5.41) is 30.8. The van der Waals surface area contributed by atoms with Crippen LogP contribution in [0.5, 0.6) is 0 Å². The molecule has 13 heteroatoms. The van der Waals surface area contributed by atoms with Gasteiger partial charge in [-0.05, 0) is 103 Å². The summed E-state index contributed by atoms with van der Waals surface area (Å²) in [4.78, 5) is 12.9. The molecule has 0 aromatic heterocycles. The molecule has 0 aliphatic carbocycles. The van der Waals surface area contributed by atoms with Gasteiger partial charge < -0.3 is 34.3 Å². The van der Waals surface area contributed by atoms with Crippen LogP contribution in [0.3, 0.4) is 0 Å². The number of hydrogen-bond donors (Lipinski definition) is 4. The van der Waals surface area contributed by atoms with Crippen LogP contribution in [0.2, 0.25) is 0 Å². The molecule has 1 heterocycles. The third-order valence-corrected chi connectivity index (χ3v) is 12.0. The summed E-state index contributed by atoms with van der Waals surface area (Å²) in [6.45, 7) is 3.68. The van der Waals surface area contributed by atoms with Gasteiger partial charge in [0.1, 0.15) is 30.5 Å². The number of allylic oxidation sites excluding steroid dienone is 20. The highest BCUT2D eigenvalue weighted by atomic mass is 32.3. The topological polar surface area (TPSA) is 178 Å². The second-order valence-electron chi connectivity index (χ2n) is 18.1. The summed E-state index contributed by atoms with van der Waals surface area (Å²) in [6, 6.07) is 0. The standard InChI is InChI=1S/C59H96O12S/c1-3-5-7-9-11-13-15-17-19-21-23-25-26-27-28-29-30-32-34-36-38-40-42-44-46-48-55(61)69-53(52-68-59-57(63)58(71-72(64,65)66)56(62)54(50-60)70-59)51-67-49-47-45-43-41-39-37-35-33-31-24-22-20-18-16-14-12-10-8-6-4-2/h5-8,11-14,17-20,23-25,27-28,31,35,37,53-54,56-60,62-63H,3-4,9-10,15-16,21-22,26,29-30,32-34,36,38-52H2,1-2H3,(H,64,65,66)/b7-5-,8-6-,13-11-,14-12-,19-17-,20-18-,25-23-,28-27-,31-24-,37-35-. The molecule has 0 aromatic carbocycles. The normalized spacial score (nSPS) is 19.9. The third kappa shape index (κ3) is 40.9. The van der Waals surface area contributed by atoms with E-state index in [0.717, 1.165) is 122 Å². The molecule has 0 saturated carbocycles. The molecule has 6 unspecified atom stereocenters. The maximum absolute atomic E-state index is 12.9. The van der Waals surface area contributed by atoms with Gasteiger partial charge >= 0.3 is 16.4 Å². The van der Waals surface area contributed by atoms with E-state index < -0.39 is 59.8 Å². The van der Waals surface area contributed by atoms with Crippen molar-refractivity contribution in [3.63, 3.8) is 0 Å². The Bertz CT molecular complexity index is 1710. The minimum Gasteiger partial charge on any atom is -0.457 e. The van der Waals surface area contributed by atoms with Crippen molar-refractivity contribution in [1.29, 1.82) is 0 Å². The molecule has 1 saturated heterocycles. The number of ether oxygens (including phenoxy) is 4. The van der Waals surface area contributed by atoms with E-state index in [1.807, 2.05) is 0 Å². The summed E-state index contributed by atoms with van der Waals surface area (Å²) >= 11 is 0. The Morgan fingerprint density at radius 2 is 0.917 bits per heavy atom. The molecule has 0 aromatic rings. The molecule has 0 bridgehead atoms. The van der Waals surface area contributed by atoms with Crippen LogP contribution in [-0.4, -0.2) is 97.5 Å². The van der Waals surface area contributed by atoms with Crippen molar-refractivity contribution >= 4 is 16.4 Å². The second kappa shape index (κ2) is 48.4. The van der Waals surface area contributed by atoms with Crippen molar-refractivity contribution in [3.8, 4) is 0 Å². The van der Waals surface area contributed by atoms with Crippen molar-refractivity contribution in [2.24, 2.45) is 0 Å². The smallest absolute Gasteiger partial charge is 0.397 e. The monoisotopic (exact) mass is 1030 g/mol. The maximum atomic E-state index is 12.9. The molecule has 4 N–H and O–H groups in total. The van der Waals surface area contributed by atoms with E-state index in [0.29, 0.717) is 13.0 Å². The molecule has 1 fully saturated rings. The van der Waals surface area contributed by atoms with Crippen molar-refractivity contribution in [3.05, 3.63) is 122 Å². The molecule has 72 heavy (non-hydrogen) atoms. The third-order valence-electron chi connectivity index (χ3n) is 11.6. The van der Waals surface area contributed by atoms with Gasteiger partial charge in [0.2, 0.25) is 0 Å². The molecular formula is C59H96O12S. The second-order valence-corrected chi connectivity index (χ2v) is 19.1. The SMILES string of the molecule is CC/C=C\C/C=C\C/C=C\C/C=C\C/C=C\CCCCCCCCCCCC(=O)OC(COCCCCCC/C=C\C/C=C\C/C=C\C/C=C\C/C=C\CC)COC1OC(CO)C(O)C(OS(=O)(=O)O)C1O. The Balaban J connectivity index is 2.36. The van der Waals surface area contributed by atoms with Crippen LogP contribution < -0.4 is 0 Å². The lowest BCUT2D eigenvalue weighted by Crippen LogP contribution is -2.60. The molecule has 1 aliphatic heterocycles. The van der Waals surface area contributed by atoms with Crippen LogP contribution in [0.1, 0.15) is 181 Å². The molecule has 0 radical (unpaired) electrons. The Hall–Kier alpha value is -3.50. The molecule has 1 rings (SSSR count). The van der Waals surface area contributed by atoms with Gasteiger partial charge in [-0.2, -0.15) is 8.42 Å². The average molecular weight is 1030 g/mol. The minimum absolute atomic E-state index is 0.00785. The highest BCUT2D eigenvalue weighted by Crippen LogP contribution is 2.26. The first-order valence-corrected chi connectivity index (χ1v) is 28.7. The zero-order valence-corrected chi connectivity index (χ0v) is 45.0. The molecule has 0 spiro atoms. The van der Waals surface area contributed by atoms with Gasteiger partial charge in [0, 0.05) is 13.0 Å². The fraction of sp³-hybridized carbons (Fsp3) is 0.644. The highest BCUT2D eigenvalue weighted by Gasteiger charge is 2.48. The van der Waals surface area contributed by atoms with Gasteiger partial charge in [0.05, 0.1) is 19.8 Å². The average Bonchev–Trinajstić information content (AvgIpc) is 3.36. The van der Waals surface area contributed by atoms with Gasteiger partial charge in [-0.15, -0.1) is 0 Å². The molecule has 12 nitrogen and oxygen atoms in total. The highest BCUT2D eigenvalue weighted by molar-refractivity contribution is 7.80. The van der Waals surface area contributed by atoms with Crippen LogP contribution in [0.25, 0.3) is 0 Å². The first-order chi connectivity index (χ1) is 35.1.